The van der Waals surface area contributed by atoms with Crippen LogP contribution < -0.4 is 10.1 Å². The number of rotatable bonds is 5. The van der Waals surface area contributed by atoms with Gasteiger partial charge in [-0.25, -0.2) is 4.79 Å². The van der Waals surface area contributed by atoms with Crippen LogP contribution in [0.3, 0.4) is 0 Å². The molecule has 182 valence electrons. The lowest BCUT2D eigenvalue weighted by molar-refractivity contribution is -0.136. The molecule has 1 aliphatic heterocycles. The second-order valence-corrected chi connectivity index (χ2v) is 9.25. The average molecular weight is 488 g/mol. The molecule has 1 N–H and O–H groups in total. The number of hydrogen-bond donors (Lipinski definition) is 1. The number of carbonyl (C=O) groups excluding carboxylic acids is 2. The van der Waals surface area contributed by atoms with Crippen molar-refractivity contribution in [2.75, 3.05) is 7.11 Å². The van der Waals surface area contributed by atoms with Gasteiger partial charge < -0.3 is 14.8 Å². The molecule has 0 amide bonds. The van der Waals surface area contributed by atoms with Crippen LogP contribution in [0.15, 0.2) is 108 Å². The van der Waals surface area contributed by atoms with Gasteiger partial charge in [0.25, 0.3) is 0 Å². The van der Waals surface area contributed by atoms with E-state index in [1.54, 1.807) is 0 Å². The lowest BCUT2D eigenvalue weighted by Gasteiger charge is -2.29. The van der Waals surface area contributed by atoms with Crippen LogP contribution in [0.5, 0.6) is 5.75 Å². The highest BCUT2D eigenvalue weighted by molar-refractivity contribution is 6.23. The molecule has 4 aromatic carbocycles. The molecular weight excluding hydrogens is 462 g/mol. The summed E-state index contributed by atoms with van der Waals surface area (Å²) in [6, 6.07) is 29.6. The minimum absolute atomic E-state index is 0.0757. The predicted molar refractivity (Wildman–Crippen MR) is 143 cm³/mol. The molecule has 0 bridgehead atoms. The molecule has 0 spiro atoms. The van der Waals surface area contributed by atoms with Crippen LogP contribution in [0.25, 0.3) is 16.5 Å². The molecule has 5 nitrogen and oxygen atoms in total. The number of hydrogen-bond acceptors (Lipinski definition) is 5. The zero-order valence-electron chi connectivity index (χ0n) is 20.6. The third-order valence-corrected chi connectivity index (χ3v) is 7.14. The normalized spacial score (nSPS) is 16.4. The van der Waals surface area contributed by atoms with Gasteiger partial charge in [0.05, 0.1) is 18.4 Å². The summed E-state index contributed by atoms with van der Waals surface area (Å²) >= 11 is 0. The van der Waals surface area contributed by atoms with E-state index in [0.717, 1.165) is 22.4 Å². The number of ketones is 1. The number of methoxy groups -OCH3 is 1. The summed E-state index contributed by atoms with van der Waals surface area (Å²) in [5.74, 6) is -0.369. The van der Waals surface area contributed by atoms with Crippen LogP contribution in [0.2, 0.25) is 0 Å². The number of nitrogens with one attached hydrogen (secondary N) is 1. The summed E-state index contributed by atoms with van der Waals surface area (Å²) in [6.07, 6.45) is 0. The zero-order valence-corrected chi connectivity index (χ0v) is 20.6. The van der Waals surface area contributed by atoms with Crippen molar-refractivity contribution in [3.05, 3.63) is 130 Å². The number of dihydropyridines is 1. The molecule has 1 aliphatic carbocycles. The van der Waals surface area contributed by atoms with Crippen molar-refractivity contribution >= 4 is 28.2 Å². The number of fused-ring (bicyclic) bond motifs is 3. The van der Waals surface area contributed by atoms with E-state index in [4.69, 9.17) is 9.47 Å². The molecule has 5 heteroatoms. The molecule has 0 radical (unpaired) electrons. The van der Waals surface area contributed by atoms with Crippen LogP contribution >= 0.6 is 0 Å². The highest BCUT2D eigenvalue weighted by Gasteiger charge is 2.42. The molecule has 6 rings (SSSR count). The number of benzene rings is 4. The first-order valence-corrected chi connectivity index (χ1v) is 12.2. The van der Waals surface area contributed by atoms with Crippen molar-refractivity contribution in [2.45, 2.75) is 19.4 Å². The number of ether oxygens (including phenoxy) is 2. The predicted octanol–water partition coefficient (Wildman–Crippen LogP) is 6.16. The van der Waals surface area contributed by atoms with Gasteiger partial charge in [0.1, 0.15) is 12.4 Å². The lowest BCUT2D eigenvalue weighted by atomic mass is 9.80. The topological polar surface area (TPSA) is 64.6 Å². The van der Waals surface area contributed by atoms with Crippen molar-refractivity contribution in [3.63, 3.8) is 0 Å². The minimum Gasteiger partial charge on any atom is -0.489 e. The third kappa shape index (κ3) is 3.80. The maximum absolute atomic E-state index is 13.5. The summed E-state index contributed by atoms with van der Waals surface area (Å²) in [7, 11) is 1.36. The van der Waals surface area contributed by atoms with Crippen molar-refractivity contribution in [3.8, 4) is 5.75 Å². The largest absolute Gasteiger partial charge is 0.489 e. The van der Waals surface area contributed by atoms with Gasteiger partial charge in [-0.05, 0) is 41.0 Å². The lowest BCUT2D eigenvalue weighted by Crippen LogP contribution is -2.29. The highest BCUT2D eigenvalue weighted by atomic mass is 16.5. The fourth-order valence-electron chi connectivity index (χ4n) is 5.38. The van der Waals surface area contributed by atoms with Crippen LogP contribution in [-0.2, 0) is 16.1 Å². The molecule has 4 aromatic rings. The van der Waals surface area contributed by atoms with Gasteiger partial charge in [-0.3, -0.25) is 4.79 Å². The highest BCUT2D eigenvalue weighted by Crippen LogP contribution is 2.46. The maximum atomic E-state index is 13.5. The van der Waals surface area contributed by atoms with Crippen molar-refractivity contribution in [1.82, 2.24) is 5.32 Å². The fraction of sp³-hybridized carbons (Fsp3) is 0.125. The van der Waals surface area contributed by atoms with E-state index in [2.05, 4.69) is 29.6 Å². The molecular formula is C32H25NO4. The second-order valence-electron chi connectivity index (χ2n) is 9.25. The van der Waals surface area contributed by atoms with Gasteiger partial charge in [0, 0.05) is 28.3 Å². The summed E-state index contributed by atoms with van der Waals surface area (Å²) in [4.78, 5) is 26.4. The van der Waals surface area contributed by atoms with Gasteiger partial charge in [-0.2, -0.15) is 0 Å². The number of Topliss-reactive ketones (excluding diaryl/α,β-unsaturated/α-hetero) is 1. The molecule has 1 heterocycles. The zero-order chi connectivity index (χ0) is 25.5. The molecule has 37 heavy (non-hydrogen) atoms. The van der Waals surface area contributed by atoms with E-state index < -0.39 is 11.9 Å². The Hall–Kier alpha value is -4.64. The molecule has 2 aliphatic rings. The first-order chi connectivity index (χ1) is 18.1. The van der Waals surface area contributed by atoms with E-state index in [1.807, 2.05) is 73.7 Å². The van der Waals surface area contributed by atoms with Crippen molar-refractivity contribution in [2.24, 2.45) is 0 Å². The minimum atomic E-state index is -0.546. The van der Waals surface area contributed by atoms with E-state index >= 15 is 0 Å². The molecule has 1 atom stereocenters. The van der Waals surface area contributed by atoms with Gasteiger partial charge in [0.15, 0.2) is 5.78 Å². The summed E-state index contributed by atoms with van der Waals surface area (Å²) in [6.45, 7) is 2.28. The Kier molecular flexibility index (Phi) is 5.61. The Morgan fingerprint density at radius 3 is 2.35 bits per heavy atom. The average Bonchev–Trinajstić information content (AvgIpc) is 3.22. The number of carbonyl (C=O) groups is 2. The molecule has 0 saturated heterocycles. The first kappa shape index (κ1) is 22.8. The van der Waals surface area contributed by atoms with Crippen molar-refractivity contribution < 1.29 is 19.1 Å². The quantitative estimate of drug-likeness (QED) is 0.342. The molecule has 0 aromatic heterocycles. The van der Waals surface area contributed by atoms with Crippen LogP contribution in [0.4, 0.5) is 0 Å². The van der Waals surface area contributed by atoms with Crippen LogP contribution in [-0.4, -0.2) is 18.9 Å². The number of esters is 1. The smallest absolute Gasteiger partial charge is 0.336 e. The standard InChI is InChI=1S/C32H25NO4/c1-19-27(32(35)36-2)28(29-30(33-19)25-12-5-6-13-26(25)31(29)34)21-14-16-23(17-15-21)37-18-22-10-7-9-20-8-3-4-11-24(20)22/h3-17,28,33H,18H2,1-2H3/t28-/m1/s1. The van der Waals surface area contributed by atoms with Crippen molar-refractivity contribution in [1.29, 1.82) is 0 Å². The van der Waals surface area contributed by atoms with E-state index in [-0.39, 0.29) is 5.78 Å². The Morgan fingerprint density at radius 2 is 1.57 bits per heavy atom. The monoisotopic (exact) mass is 487 g/mol. The van der Waals surface area contributed by atoms with Gasteiger partial charge >= 0.3 is 5.97 Å². The van der Waals surface area contributed by atoms with E-state index in [9.17, 15) is 9.59 Å². The molecule has 0 saturated carbocycles. The maximum Gasteiger partial charge on any atom is 0.336 e. The second kappa shape index (κ2) is 9.10. The van der Waals surface area contributed by atoms with E-state index in [0.29, 0.717) is 34.8 Å². The fourth-order valence-corrected chi connectivity index (χ4v) is 5.38. The number of allylic oxidation sites excluding steroid dienone is 2. The first-order valence-electron chi connectivity index (χ1n) is 12.2. The van der Waals surface area contributed by atoms with Gasteiger partial charge in [-0.15, -0.1) is 0 Å². The summed E-state index contributed by atoms with van der Waals surface area (Å²) in [5, 5.41) is 5.65. The Balaban J connectivity index is 1.33. The molecule has 0 unspecified atom stereocenters. The Labute approximate surface area is 215 Å². The van der Waals surface area contributed by atoms with Crippen LogP contribution in [0.1, 0.15) is 39.9 Å². The van der Waals surface area contributed by atoms with E-state index in [1.165, 1.54) is 17.9 Å². The SMILES string of the molecule is COC(=O)C1=C(C)NC2=C(C(=O)c3ccccc32)[C@@H]1c1ccc(OCc2cccc3ccccc23)cc1. The van der Waals surface area contributed by atoms with Gasteiger partial charge in [0.2, 0.25) is 0 Å². The molecule has 0 fully saturated rings. The van der Waals surface area contributed by atoms with Crippen LogP contribution in [0, 0.1) is 0 Å². The Morgan fingerprint density at radius 1 is 0.865 bits per heavy atom. The summed E-state index contributed by atoms with van der Waals surface area (Å²) < 4.78 is 11.2. The third-order valence-electron chi connectivity index (χ3n) is 7.14. The summed E-state index contributed by atoms with van der Waals surface area (Å²) in [5.41, 5.74) is 5.86. The van der Waals surface area contributed by atoms with Gasteiger partial charge in [-0.1, -0.05) is 78.9 Å². The Bertz CT molecular complexity index is 1620.